The van der Waals surface area contributed by atoms with Gasteiger partial charge in [-0.2, -0.15) is 0 Å². The number of benzene rings is 6. The van der Waals surface area contributed by atoms with Crippen molar-refractivity contribution >= 4 is 68.4 Å². The molecule has 0 amide bonds. The van der Waals surface area contributed by atoms with Gasteiger partial charge in [-0.3, -0.25) is 0 Å². The van der Waals surface area contributed by atoms with E-state index in [1.54, 1.807) is 0 Å². The Hall–Kier alpha value is -5.48. The van der Waals surface area contributed by atoms with Crippen LogP contribution in [0.2, 0.25) is 0 Å². The van der Waals surface area contributed by atoms with Gasteiger partial charge >= 0.3 is 0 Å². The van der Waals surface area contributed by atoms with Crippen molar-refractivity contribution in [3.8, 4) is 11.1 Å². The summed E-state index contributed by atoms with van der Waals surface area (Å²) in [4.78, 5) is 5.31. The van der Waals surface area contributed by atoms with Gasteiger partial charge in [0, 0.05) is 33.8 Å². The monoisotopic (exact) mass is 923 g/mol. The van der Waals surface area contributed by atoms with E-state index in [1.807, 2.05) is 0 Å². The van der Waals surface area contributed by atoms with Gasteiger partial charge in [-0.25, -0.2) is 0 Å². The van der Waals surface area contributed by atoms with Crippen molar-refractivity contribution in [3.63, 3.8) is 0 Å². The lowest BCUT2D eigenvalue weighted by Crippen LogP contribution is -2.61. The molecule has 0 unspecified atom stereocenters. The molecule has 3 aliphatic carbocycles. The van der Waals surface area contributed by atoms with Crippen LogP contribution in [0, 0.1) is 0 Å². The molecule has 358 valence electrons. The van der Waals surface area contributed by atoms with Crippen LogP contribution in [0.4, 0.5) is 34.1 Å². The van der Waals surface area contributed by atoms with Crippen molar-refractivity contribution in [2.75, 3.05) is 9.80 Å². The molecule has 0 saturated heterocycles. The molecule has 0 N–H and O–H groups in total. The fourth-order valence-electron chi connectivity index (χ4n) is 13.7. The van der Waals surface area contributed by atoms with Crippen LogP contribution in [0.15, 0.2) is 114 Å². The normalized spacial score (nSPS) is 20.5. The molecule has 0 saturated carbocycles. The Balaban J connectivity index is 1.22. The second-order valence-corrected chi connectivity index (χ2v) is 27.4. The highest BCUT2D eigenvalue weighted by Crippen LogP contribution is 2.55. The smallest absolute Gasteiger partial charge is 0.297 e. The largest absolute Gasteiger partial charge is 0.468 e. The van der Waals surface area contributed by atoms with Crippen molar-refractivity contribution in [3.05, 3.63) is 148 Å². The van der Waals surface area contributed by atoms with Gasteiger partial charge in [-0.05, 0) is 192 Å². The van der Waals surface area contributed by atoms with E-state index in [2.05, 4.69) is 223 Å². The predicted octanol–water partition coefficient (Wildman–Crippen LogP) is 16.5. The molecule has 0 spiro atoms. The molecule has 2 aliphatic heterocycles. The molecule has 5 aliphatic rings. The highest BCUT2D eigenvalue weighted by molar-refractivity contribution is 7.00. The average molecular weight is 923 g/mol. The van der Waals surface area contributed by atoms with Gasteiger partial charge in [0.15, 0.2) is 0 Å². The minimum atomic E-state index is -0.132. The maximum absolute atomic E-state index is 7.71. The molecule has 0 atom stereocenters. The molecule has 12 rings (SSSR count). The van der Waals surface area contributed by atoms with Gasteiger partial charge in [0.1, 0.15) is 5.58 Å². The van der Waals surface area contributed by atoms with Crippen LogP contribution in [-0.2, 0) is 37.9 Å². The van der Waals surface area contributed by atoms with E-state index < -0.39 is 0 Å². The van der Waals surface area contributed by atoms with Crippen molar-refractivity contribution in [2.24, 2.45) is 0 Å². The zero-order valence-electron chi connectivity index (χ0n) is 45.0. The van der Waals surface area contributed by atoms with E-state index in [0.29, 0.717) is 0 Å². The molecule has 3 heterocycles. The third-order valence-corrected chi connectivity index (χ3v) is 18.8. The molecule has 1 aromatic heterocycles. The number of nitrogens with zero attached hydrogens (tertiary/aromatic N) is 2. The third kappa shape index (κ3) is 6.66. The predicted molar refractivity (Wildman–Crippen MR) is 300 cm³/mol. The molecule has 3 nitrogen and oxygen atoms in total. The summed E-state index contributed by atoms with van der Waals surface area (Å²) in [5, 5.41) is 1.21. The molecular formula is C66H75BN2O. The first-order chi connectivity index (χ1) is 32.8. The van der Waals surface area contributed by atoms with E-state index in [-0.39, 0.29) is 44.6 Å². The summed E-state index contributed by atoms with van der Waals surface area (Å²) in [5.74, 6) is 0. The summed E-state index contributed by atoms with van der Waals surface area (Å²) in [5.41, 5.74) is 24.9. The van der Waals surface area contributed by atoms with E-state index in [9.17, 15) is 0 Å². The highest BCUT2D eigenvalue weighted by Gasteiger charge is 2.50. The first-order valence-electron chi connectivity index (χ1n) is 26.7. The number of furan rings is 1. The fourth-order valence-corrected chi connectivity index (χ4v) is 13.7. The molecular weight excluding hydrogens is 848 g/mol. The SMILES string of the molecule is CC(C)(C)c1cc2c3c(c1)N(c1ccc(-c4ccccc4)cc1)c1c(oc4cc5c(cc14)C(C)(C)CCC5(C)C)B3c1cc3c(cc1N2c1ccc2c(c1)C(C)(C)CCC2(C)C)C(C)(C)CCC3(C)C. The summed E-state index contributed by atoms with van der Waals surface area (Å²) in [6.07, 6.45) is 7.00. The molecule has 70 heavy (non-hydrogen) atoms. The Bertz CT molecular complexity index is 3310. The molecule has 0 fully saturated rings. The lowest BCUT2D eigenvalue weighted by molar-refractivity contribution is 0.332. The summed E-state index contributed by atoms with van der Waals surface area (Å²) >= 11 is 0. The number of anilines is 6. The Morgan fingerprint density at radius 3 is 1.49 bits per heavy atom. The van der Waals surface area contributed by atoms with Crippen LogP contribution in [0.25, 0.3) is 22.1 Å². The maximum atomic E-state index is 7.71. The molecule has 4 heteroatoms. The summed E-state index contributed by atoms with van der Waals surface area (Å²) in [7, 11) is 0. The van der Waals surface area contributed by atoms with E-state index >= 15 is 0 Å². The van der Waals surface area contributed by atoms with Crippen LogP contribution in [0.5, 0.6) is 0 Å². The second-order valence-electron chi connectivity index (χ2n) is 27.4. The first-order valence-corrected chi connectivity index (χ1v) is 26.7. The quantitative estimate of drug-likeness (QED) is 0.165. The average Bonchev–Trinajstić information content (AvgIpc) is 3.68. The number of fused-ring (bicyclic) bond motifs is 9. The lowest BCUT2D eigenvalue weighted by Gasteiger charge is -2.47. The van der Waals surface area contributed by atoms with Gasteiger partial charge < -0.3 is 14.2 Å². The summed E-state index contributed by atoms with van der Waals surface area (Å²) < 4.78 is 7.71. The summed E-state index contributed by atoms with van der Waals surface area (Å²) in [6, 6.07) is 43.1. The number of hydrogen-bond acceptors (Lipinski definition) is 3. The van der Waals surface area contributed by atoms with Crippen molar-refractivity contribution in [1.82, 2.24) is 0 Å². The topological polar surface area (TPSA) is 19.6 Å². The zero-order valence-corrected chi connectivity index (χ0v) is 45.0. The Morgan fingerprint density at radius 2 is 0.914 bits per heavy atom. The van der Waals surface area contributed by atoms with Gasteiger partial charge in [0.25, 0.3) is 6.71 Å². The Morgan fingerprint density at radius 1 is 0.443 bits per heavy atom. The van der Waals surface area contributed by atoms with Crippen LogP contribution < -0.4 is 26.4 Å². The second kappa shape index (κ2) is 14.6. The van der Waals surface area contributed by atoms with Crippen LogP contribution in [-0.4, -0.2) is 6.71 Å². The van der Waals surface area contributed by atoms with Gasteiger partial charge in [-0.15, -0.1) is 0 Å². The van der Waals surface area contributed by atoms with Crippen molar-refractivity contribution < 1.29 is 4.42 Å². The van der Waals surface area contributed by atoms with E-state index in [0.717, 1.165) is 42.6 Å². The lowest BCUT2D eigenvalue weighted by atomic mass is 9.35. The molecule has 0 radical (unpaired) electrons. The van der Waals surface area contributed by atoms with Gasteiger partial charge in [0.2, 0.25) is 0 Å². The van der Waals surface area contributed by atoms with E-state index in [4.69, 9.17) is 4.42 Å². The van der Waals surface area contributed by atoms with Crippen LogP contribution in [0.1, 0.15) is 181 Å². The Kier molecular flexibility index (Phi) is 9.51. The van der Waals surface area contributed by atoms with Crippen LogP contribution >= 0.6 is 0 Å². The maximum Gasteiger partial charge on any atom is 0.297 e. The minimum absolute atomic E-state index is 0.0273. The molecule has 6 aromatic carbocycles. The fraction of sp³-hybridized carbons (Fsp3) is 0.424. The van der Waals surface area contributed by atoms with Gasteiger partial charge in [0.05, 0.1) is 11.3 Å². The highest BCUT2D eigenvalue weighted by atomic mass is 16.3. The Labute approximate surface area is 420 Å². The van der Waals surface area contributed by atoms with Crippen LogP contribution in [0.3, 0.4) is 0 Å². The first kappa shape index (κ1) is 45.6. The zero-order chi connectivity index (χ0) is 49.5. The van der Waals surface area contributed by atoms with Crippen molar-refractivity contribution in [1.29, 1.82) is 0 Å². The molecule has 7 aromatic rings. The third-order valence-electron chi connectivity index (χ3n) is 18.8. The standard InChI is InChI=1S/C66H75BN2O/c1-60(2,3)42-33-54-57-55(34-42)69(43-23-21-41(22-24-43)40-19-17-16-18-20-40)58-45-36-48-51(66(14,15)32-29-63(48,8)9)39-56(45)70-59(58)67(57)52-37-49-50(65(12,13)31-30-64(49,10)11)38-53(52)68(54)44-25-26-46-47(35-44)62(6,7)28-27-61(46,4)5/h16-26,33-39H,27-32H2,1-15H3. The van der Waals surface area contributed by atoms with Crippen molar-refractivity contribution in [2.45, 2.75) is 180 Å². The minimum Gasteiger partial charge on any atom is -0.468 e. The number of hydrogen-bond donors (Lipinski definition) is 0. The summed E-state index contributed by atoms with van der Waals surface area (Å²) in [6.45, 7) is 36.6. The van der Waals surface area contributed by atoms with Gasteiger partial charge in [-0.1, -0.05) is 158 Å². The molecule has 0 bridgehead atoms. The van der Waals surface area contributed by atoms with E-state index in [1.165, 1.54) is 108 Å². The number of rotatable bonds is 3.